The average molecular weight is 235 g/mol. The van der Waals surface area contributed by atoms with Crippen molar-refractivity contribution in [2.75, 3.05) is 0 Å². The Balaban J connectivity index is 2.15. The van der Waals surface area contributed by atoms with E-state index in [1.807, 2.05) is 31.3 Å². The van der Waals surface area contributed by atoms with Crippen LogP contribution in [0.15, 0.2) is 54.7 Å². The fourth-order valence-electron chi connectivity index (χ4n) is 2.25. The molecule has 3 rings (SSSR count). The van der Waals surface area contributed by atoms with E-state index < -0.39 is 0 Å². The number of rotatable bonds is 2. The van der Waals surface area contributed by atoms with Crippen LogP contribution in [0.2, 0.25) is 0 Å². The summed E-state index contributed by atoms with van der Waals surface area (Å²) in [6.45, 7) is 0. The first-order valence-electron chi connectivity index (χ1n) is 5.88. The van der Waals surface area contributed by atoms with Crippen LogP contribution in [0.4, 0.5) is 0 Å². The summed E-state index contributed by atoms with van der Waals surface area (Å²) in [5.74, 6) is 0. The molecule has 0 fully saturated rings. The van der Waals surface area contributed by atoms with Crippen molar-refractivity contribution in [3.05, 3.63) is 60.3 Å². The van der Waals surface area contributed by atoms with Crippen LogP contribution in [0, 0.1) is 0 Å². The Morgan fingerprint density at radius 2 is 1.83 bits per heavy atom. The topological polar surface area (TPSA) is 22.0 Å². The molecule has 0 aliphatic carbocycles. The third-order valence-electron chi connectivity index (χ3n) is 3.24. The molecule has 0 saturated carbocycles. The molecule has 1 aromatic heterocycles. The van der Waals surface area contributed by atoms with Crippen LogP contribution in [0.5, 0.6) is 0 Å². The van der Waals surface area contributed by atoms with Crippen LogP contribution in [0.25, 0.3) is 22.0 Å². The predicted octanol–water partition coefficient (Wildman–Crippen LogP) is 3.66. The number of aldehydes is 1. The highest BCUT2D eigenvalue weighted by molar-refractivity contribution is 5.86. The number of hydrogen-bond acceptors (Lipinski definition) is 1. The van der Waals surface area contributed by atoms with Gasteiger partial charge in [-0.25, -0.2) is 0 Å². The number of hydrogen-bond donors (Lipinski definition) is 0. The molecule has 3 aromatic rings. The largest absolute Gasteiger partial charge is 0.351 e. The summed E-state index contributed by atoms with van der Waals surface area (Å²) >= 11 is 0. The maximum atomic E-state index is 10.8. The minimum atomic E-state index is 0.709. The van der Waals surface area contributed by atoms with Gasteiger partial charge in [-0.2, -0.15) is 0 Å². The summed E-state index contributed by atoms with van der Waals surface area (Å²) in [7, 11) is 2.04. The van der Waals surface area contributed by atoms with Crippen molar-refractivity contribution in [2.24, 2.45) is 7.05 Å². The zero-order valence-electron chi connectivity index (χ0n) is 10.1. The van der Waals surface area contributed by atoms with Crippen LogP contribution in [0.1, 0.15) is 10.4 Å². The van der Waals surface area contributed by atoms with Crippen LogP contribution < -0.4 is 0 Å². The van der Waals surface area contributed by atoms with Crippen LogP contribution in [-0.4, -0.2) is 10.9 Å². The fraction of sp³-hybridized carbons (Fsp3) is 0.0625. The summed E-state index contributed by atoms with van der Waals surface area (Å²) in [6, 6.07) is 16.1. The Hall–Kier alpha value is -2.35. The number of carbonyl (C=O) groups is 1. The quantitative estimate of drug-likeness (QED) is 0.621. The van der Waals surface area contributed by atoms with Gasteiger partial charge in [0, 0.05) is 29.7 Å². The van der Waals surface area contributed by atoms with Crippen molar-refractivity contribution in [1.29, 1.82) is 0 Å². The molecule has 18 heavy (non-hydrogen) atoms. The SMILES string of the molecule is Cn1ccc2cc(-c3cccc(C=O)c3)ccc21. The van der Waals surface area contributed by atoms with Gasteiger partial charge in [0.1, 0.15) is 6.29 Å². The maximum Gasteiger partial charge on any atom is 0.150 e. The highest BCUT2D eigenvalue weighted by Crippen LogP contribution is 2.25. The second-order valence-electron chi connectivity index (χ2n) is 4.44. The van der Waals surface area contributed by atoms with E-state index in [0.717, 1.165) is 17.4 Å². The average Bonchev–Trinajstić information content (AvgIpc) is 2.80. The van der Waals surface area contributed by atoms with E-state index in [9.17, 15) is 4.79 Å². The van der Waals surface area contributed by atoms with Crippen molar-refractivity contribution in [3.8, 4) is 11.1 Å². The molecule has 2 heteroatoms. The van der Waals surface area contributed by atoms with E-state index in [1.165, 1.54) is 10.9 Å². The van der Waals surface area contributed by atoms with Gasteiger partial charge >= 0.3 is 0 Å². The lowest BCUT2D eigenvalue weighted by Crippen LogP contribution is -1.85. The Labute approximate surface area is 105 Å². The van der Waals surface area contributed by atoms with Crippen molar-refractivity contribution in [2.45, 2.75) is 0 Å². The second-order valence-corrected chi connectivity index (χ2v) is 4.44. The highest BCUT2D eigenvalue weighted by atomic mass is 16.1. The fourth-order valence-corrected chi connectivity index (χ4v) is 2.25. The van der Waals surface area contributed by atoms with Crippen molar-refractivity contribution < 1.29 is 4.79 Å². The van der Waals surface area contributed by atoms with Gasteiger partial charge in [-0.05, 0) is 35.4 Å². The molecule has 0 unspecified atom stereocenters. The second kappa shape index (κ2) is 4.15. The minimum Gasteiger partial charge on any atom is -0.351 e. The van der Waals surface area contributed by atoms with Gasteiger partial charge in [-0.1, -0.05) is 24.3 Å². The van der Waals surface area contributed by atoms with Gasteiger partial charge in [0.05, 0.1) is 0 Å². The Morgan fingerprint density at radius 3 is 2.67 bits per heavy atom. The maximum absolute atomic E-state index is 10.8. The number of benzene rings is 2. The molecule has 2 nitrogen and oxygen atoms in total. The van der Waals surface area contributed by atoms with Crippen molar-refractivity contribution in [3.63, 3.8) is 0 Å². The molecule has 1 heterocycles. The highest BCUT2D eigenvalue weighted by Gasteiger charge is 2.02. The number of fused-ring (bicyclic) bond motifs is 1. The molecule has 0 amide bonds. The lowest BCUT2D eigenvalue weighted by Gasteiger charge is -2.03. The summed E-state index contributed by atoms with van der Waals surface area (Å²) in [5, 5.41) is 1.21. The molecule has 0 spiro atoms. The molecule has 0 radical (unpaired) electrons. The Kier molecular flexibility index (Phi) is 2.49. The first kappa shape index (κ1) is 10.8. The summed E-state index contributed by atoms with van der Waals surface area (Å²) in [5.41, 5.74) is 4.13. The lowest BCUT2D eigenvalue weighted by molar-refractivity contribution is 0.112. The molecule has 0 aliphatic heterocycles. The van der Waals surface area contributed by atoms with Crippen LogP contribution >= 0.6 is 0 Å². The standard InChI is InChI=1S/C16H13NO/c1-17-8-7-15-10-14(5-6-16(15)17)13-4-2-3-12(9-13)11-18/h2-11H,1H3. The van der Waals surface area contributed by atoms with Gasteiger partial charge in [0.25, 0.3) is 0 Å². The third kappa shape index (κ3) is 1.72. The summed E-state index contributed by atoms with van der Waals surface area (Å²) in [6.07, 6.45) is 2.93. The van der Waals surface area contributed by atoms with Gasteiger partial charge < -0.3 is 4.57 Å². The van der Waals surface area contributed by atoms with E-state index >= 15 is 0 Å². The van der Waals surface area contributed by atoms with Crippen LogP contribution in [-0.2, 0) is 7.05 Å². The van der Waals surface area contributed by atoms with Gasteiger partial charge in [0.15, 0.2) is 0 Å². The third-order valence-corrected chi connectivity index (χ3v) is 3.24. The number of nitrogens with zero attached hydrogens (tertiary/aromatic N) is 1. The normalized spacial score (nSPS) is 10.7. The summed E-state index contributed by atoms with van der Waals surface area (Å²) < 4.78 is 2.10. The molecule has 0 aliphatic rings. The molecule has 88 valence electrons. The van der Waals surface area contributed by atoms with Gasteiger partial charge in [-0.15, -0.1) is 0 Å². The molecule has 0 N–H and O–H groups in total. The molecular weight excluding hydrogens is 222 g/mol. The minimum absolute atomic E-state index is 0.709. The van der Waals surface area contributed by atoms with Crippen molar-refractivity contribution in [1.82, 2.24) is 4.57 Å². The van der Waals surface area contributed by atoms with Gasteiger partial charge in [0.2, 0.25) is 0 Å². The van der Waals surface area contributed by atoms with Gasteiger partial charge in [-0.3, -0.25) is 4.79 Å². The molecule has 2 aromatic carbocycles. The molecule has 0 bridgehead atoms. The Morgan fingerprint density at radius 1 is 1.00 bits per heavy atom. The molecular formula is C16H13NO. The predicted molar refractivity (Wildman–Crippen MR) is 73.7 cm³/mol. The molecule has 0 saturated heterocycles. The number of aromatic nitrogens is 1. The number of aryl methyl sites for hydroxylation is 1. The zero-order valence-corrected chi connectivity index (χ0v) is 10.1. The van der Waals surface area contributed by atoms with E-state index in [4.69, 9.17) is 0 Å². The Bertz CT molecular complexity index is 725. The molecule has 0 atom stereocenters. The summed E-state index contributed by atoms with van der Waals surface area (Å²) in [4.78, 5) is 10.8. The van der Waals surface area contributed by atoms with Crippen LogP contribution in [0.3, 0.4) is 0 Å². The van der Waals surface area contributed by atoms with E-state index in [1.54, 1.807) is 0 Å². The number of carbonyl (C=O) groups excluding carboxylic acids is 1. The smallest absolute Gasteiger partial charge is 0.150 e. The van der Waals surface area contributed by atoms with E-state index in [2.05, 4.69) is 35.0 Å². The van der Waals surface area contributed by atoms with E-state index in [0.29, 0.717) is 5.56 Å². The monoisotopic (exact) mass is 235 g/mol. The first-order chi connectivity index (χ1) is 8.78. The lowest BCUT2D eigenvalue weighted by atomic mass is 10.0. The van der Waals surface area contributed by atoms with E-state index in [-0.39, 0.29) is 0 Å². The first-order valence-corrected chi connectivity index (χ1v) is 5.88. The van der Waals surface area contributed by atoms with Crippen molar-refractivity contribution >= 4 is 17.2 Å². The zero-order chi connectivity index (χ0) is 12.5.